The van der Waals surface area contributed by atoms with Crippen LogP contribution in [0.1, 0.15) is 0 Å². The van der Waals surface area contributed by atoms with Crippen molar-refractivity contribution in [1.82, 2.24) is 0 Å². The van der Waals surface area contributed by atoms with Gasteiger partial charge in [0.05, 0.1) is 11.1 Å². The van der Waals surface area contributed by atoms with Crippen molar-refractivity contribution in [2.75, 3.05) is 4.90 Å². The molecule has 0 unspecified atom stereocenters. The van der Waals surface area contributed by atoms with Gasteiger partial charge in [-0.25, -0.2) is 0 Å². The van der Waals surface area contributed by atoms with Crippen LogP contribution in [0.2, 0.25) is 0 Å². The van der Waals surface area contributed by atoms with Crippen LogP contribution < -0.4 is 4.90 Å². The number of anilines is 3. The number of nitrogens with zero attached hydrogens (tertiary/aromatic N) is 1. The summed E-state index contributed by atoms with van der Waals surface area (Å²) in [6.07, 6.45) is 0. The van der Waals surface area contributed by atoms with E-state index in [2.05, 4.69) is 193 Å². The van der Waals surface area contributed by atoms with Crippen LogP contribution in [0, 0.1) is 0 Å². The highest BCUT2D eigenvalue weighted by Crippen LogP contribution is 2.46. The Labute approximate surface area is 310 Å². The maximum absolute atomic E-state index is 6.66. The molecule has 0 aliphatic carbocycles. The van der Waals surface area contributed by atoms with E-state index in [0.717, 1.165) is 44.4 Å². The SMILES string of the molecule is c1cc(-c2ccc(N(c3ccc4c(c3)sc3ccccc34)c3cccc4oc5c6ccccc6ccc5c34)cc2)cc(-c2ccc3ccccc3c2)c1. The largest absolute Gasteiger partial charge is 0.455 e. The van der Waals surface area contributed by atoms with Gasteiger partial charge in [-0.3, -0.25) is 0 Å². The van der Waals surface area contributed by atoms with E-state index in [1.54, 1.807) is 0 Å². The molecule has 0 N–H and O–H groups in total. The van der Waals surface area contributed by atoms with Gasteiger partial charge in [-0.05, 0) is 99.1 Å². The number of hydrogen-bond acceptors (Lipinski definition) is 3. The normalized spacial score (nSPS) is 11.8. The predicted molar refractivity (Wildman–Crippen MR) is 227 cm³/mol. The van der Waals surface area contributed by atoms with Crippen molar-refractivity contribution in [3.05, 3.63) is 188 Å². The second-order valence-electron chi connectivity index (χ2n) is 13.7. The Kier molecular flexibility index (Phi) is 6.76. The fourth-order valence-electron chi connectivity index (χ4n) is 8.05. The first-order valence-electron chi connectivity index (χ1n) is 18.0. The molecule has 0 radical (unpaired) electrons. The van der Waals surface area contributed by atoms with E-state index in [-0.39, 0.29) is 0 Å². The lowest BCUT2D eigenvalue weighted by Crippen LogP contribution is -2.10. The van der Waals surface area contributed by atoms with E-state index < -0.39 is 0 Å². The number of benzene rings is 9. The molecule has 53 heavy (non-hydrogen) atoms. The summed E-state index contributed by atoms with van der Waals surface area (Å²) in [6, 6.07) is 68.0. The van der Waals surface area contributed by atoms with Crippen molar-refractivity contribution < 1.29 is 4.42 Å². The van der Waals surface area contributed by atoms with Gasteiger partial charge >= 0.3 is 0 Å². The lowest BCUT2D eigenvalue weighted by atomic mass is 9.97. The van der Waals surface area contributed by atoms with Crippen LogP contribution in [0.25, 0.3) is 85.9 Å². The third-order valence-corrected chi connectivity index (χ3v) is 11.8. The summed E-state index contributed by atoms with van der Waals surface area (Å²) >= 11 is 1.85. The Bertz CT molecular complexity index is 3190. The van der Waals surface area contributed by atoms with Gasteiger partial charge in [0.1, 0.15) is 11.2 Å². The van der Waals surface area contributed by atoms with Crippen LogP contribution in [0.5, 0.6) is 0 Å². The van der Waals surface area contributed by atoms with E-state index in [0.29, 0.717) is 0 Å². The summed E-state index contributed by atoms with van der Waals surface area (Å²) in [5, 5.41) is 9.62. The van der Waals surface area contributed by atoms with Gasteiger partial charge in [-0.15, -0.1) is 11.3 Å². The summed E-state index contributed by atoms with van der Waals surface area (Å²) in [7, 11) is 0. The average molecular weight is 694 g/mol. The van der Waals surface area contributed by atoms with Gasteiger partial charge < -0.3 is 9.32 Å². The maximum Gasteiger partial charge on any atom is 0.143 e. The molecule has 11 aromatic rings. The quantitative estimate of drug-likeness (QED) is 0.178. The topological polar surface area (TPSA) is 16.4 Å². The molecule has 3 heteroatoms. The molecule has 2 aromatic heterocycles. The van der Waals surface area contributed by atoms with E-state index >= 15 is 0 Å². The van der Waals surface area contributed by atoms with Crippen molar-refractivity contribution in [3.63, 3.8) is 0 Å². The Morgan fingerprint density at radius 3 is 1.91 bits per heavy atom. The number of thiophene rings is 1. The monoisotopic (exact) mass is 693 g/mol. The number of fused-ring (bicyclic) bond motifs is 9. The highest BCUT2D eigenvalue weighted by atomic mass is 32.1. The van der Waals surface area contributed by atoms with Crippen molar-refractivity contribution in [2.45, 2.75) is 0 Å². The molecule has 11 rings (SSSR count). The zero-order valence-electron chi connectivity index (χ0n) is 28.7. The van der Waals surface area contributed by atoms with Crippen LogP contribution in [-0.4, -0.2) is 0 Å². The number of furan rings is 1. The molecule has 2 nitrogen and oxygen atoms in total. The zero-order chi connectivity index (χ0) is 34.9. The minimum Gasteiger partial charge on any atom is -0.455 e. The van der Waals surface area contributed by atoms with Crippen LogP contribution >= 0.6 is 11.3 Å². The lowest BCUT2D eigenvalue weighted by Gasteiger charge is -2.26. The average Bonchev–Trinajstić information content (AvgIpc) is 3.80. The first kappa shape index (κ1) is 30.0. The van der Waals surface area contributed by atoms with Gasteiger partial charge in [0.2, 0.25) is 0 Å². The first-order chi connectivity index (χ1) is 26.2. The van der Waals surface area contributed by atoms with Gasteiger partial charge in [0.25, 0.3) is 0 Å². The van der Waals surface area contributed by atoms with Crippen molar-refractivity contribution in [3.8, 4) is 22.3 Å². The van der Waals surface area contributed by atoms with Gasteiger partial charge in [-0.1, -0.05) is 127 Å². The molecule has 0 aliphatic heterocycles. The first-order valence-corrected chi connectivity index (χ1v) is 18.8. The molecular weight excluding hydrogens is 663 g/mol. The molecule has 9 aromatic carbocycles. The second-order valence-corrected chi connectivity index (χ2v) is 14.8. The van der Waals surface area contributed by atoms with Crippen LogP contribution in [-0.2, 0) is 0 Å². The van der Waals surface area contributed by atoms with Crippen LogP contribution in [0.15, 0.2) is 192 Å². The molecule has 0 saturated heterocycles. The van der Waals surface area contributed by atoms with E-state index in [1.807, 2.05) is 11.3 Å². The Balaban J connectivity index is 1.07. The van der Waals surface area contributed by atoms with Crippen molar-refractivity contribution >= 4 is 92.1 Å². The molecule has 0 spiro atoms. The summed E-state index contributed by atoms with van der Waals surface area (Å²) in [5.74, 6) is 0. The molecular formula is C50H31NOS. The molecule has 0 amide bonds. The summed E-state index contributed by atoms with van der Waals surface area (Å²) < 4.78 is 9.23. The van der Waals surface area contributed by atoms with E-state index in [9.17, 15) is 0 Å². The fraction of sp³-hybridized carbons (Fsp3) is 0. The molecule has 0 bridgehead atoms. The van der Waals surface area contributed by atoms with Gasteiger partial charge in [-0.2, -0.15) is 0 Å². The van der Waals surface area contributed by atoms with E-state index in [1.165, 1.54) is 58.6 Å². The fourth-order valence-corrected chi connectivity index (χ4v) is 9.19. The zero-order valence-corrected chi connectivity index (χ0v) is 29.5. The standard InChI is InChI=1S/C50H31NOS/c1-2-11-35-30-38(20-19-32(35)9-1)37-13-7-12-36(29-37)33-21-24-39(25-22-33)51(40-26-28-43-42-15-5-6-18-47(42)53-48(43)31-40)45-16-8-17-46-49(45)44-27-23-34-10-3-4-14-41(34)50(44)52-46/h1-31H. The number of rotatable bonds is 5. The third-order valence-electron chi connectivity index (χ3n) is 10.6. The molecule has 2 heterocycles. The summed E-state index contributed by atoms with van der Waals surface area (Å²) in [5.41, 5.74) is 9.88. The Morgan fingerprint density at radius 2 is 1.02 bits per heavy atom. The Morgan fingerprint density at radius 1 is 0.377 bits per heavy atom. The highest BCUT2D eigenvalue weighted by Gasteiger charge is 2.21. The molecule has 0 fully saturated rings. The summed E-state index contributed by atoms with van der Waals surface area (Å²) in [4.78, 5) is 2.39. The second kappa shape index (κ2) is 11.9. The smallest absolute Gasteiger partial charge is 0.143 e. The van der Waals surface area contributed by atoms with E-state index in [4.69, 9.17) is 4.42 Å². The molecule has 0 saturated carbocycles. The van der Waals surface area contributed by atoms with Crippen molar-refractivity contribution in [2.24, 2.45) is 0 Å². The van der Waals surface area contributed by atoms with Crippen molar-refractivity contribution in [1.29, 1.82) is 0 Å². The highest BCUT2D eigenvalue weighted by molar-refractivity contribution is 7.25. The lowest BCUT2D eigenvalue weighted by molar-refractivity contribution is 0.672. The predicted octanol–water partition coefficient (Wildman–Crippen LogP) is 15.1. The van der Waals surface area contributed by atoms with Crippen LogP contribution in [0.4, 0.5) is 17.1 Å². The maximum atomic E-state index is 6.66. The van der Waals surface area contributed by atoms with Crippen LogP contribution in [0.3, 0.4) is 0 Å². The third kappa shape index (κ3) is 4.93. The molecule has 248 valence electrons. The summed E-state index contributed by atoms with van der Waals surface area (Å²) in [6.45, 7) is 0. The number of hydrogen-bond donors (Lipinski definition) is 0. The van der Waals surface area contributed by atoms with Gasteiger partial charge in [0.15, 0.2) is 0 Å². The molecule has 0 atom stereocenters. The minimum absolute atomic E-state index is 0.879. The van der Waals surface area contributed by atoms with Gasteiger partial charge in [0, 0.05) is 42.3 Å². The molecule has 0 aliphatic rings. The minimum atomic E-state index is 0.879. The Hall–Kier alpha value is -6.68.